The number of hydrogen-bond acceptors (Lipinski definition) is 3. The summed E-state index contributed by atoms with van der Waals surface area (Å²) >= 11 is 0. The van der Waals surface area contributed by atoms with Gasteiger partial charge in [-0.3, -0.25) is 0 Å². The van der Waals surface area contributed by atoms with E-state index in [1.807, 2.05) is 36.6 Å². The first-order valence-electron chi connectivity index (χ1n) is 6.05. The second-order valence-electron chi connectivity index (χ2n) is 4.70. The van der Waals surface area contributed by atoms with Gasteiger partial charge < -0.3 is 19.5 Å². The number of fused-ring (bicyclic) bond motifs is 1. The van der Waals surface area contributed by atoms with Crippen molar-refractivity contribution < 1.29 is 19.7 Å². The molecule has 5 nitrogen and oxygen atoms in total. The fourth-order valence-corrected chi connectivity index (χ4v) is 2.26. The van der Waals surface area contributed by atoms with Gasteiger partial charge in [-0.15, -0.1) is 0 Å². The zero-order valence-electron chi connectivity index (χ0n) is 11.1. The Hall–Kier alpha value is -2.01. The molecular formula is C14H17NO4. The lowest BCUT2D eigenvalue weighted by Crippen LogP contribution is -2.16. The lowest BCUT2D eigenvalue weighted by molar-refractivity contribution is -0.147. The molecule has 5 heteroatoms. The summed E-state index contributed by atoms with van der Waals surface area (Å²) in [6, 6.07) is 7.24. The monoisotopic (exact) mass is 263 g/mol. The largest absolute Gasteiger partial charge is 0.497 e. The number of methoxy groups -OCH3 is 1. The van der Waals surface area contributed by atoms with Crippen LogP contribution in [-0.2, 0) is 4.79 Å². The molecule has 2 rings (SSSR count). The third-order valence-corrected chi connectivity index (χ3v) is 3.11. The van der Waals surface area contributed by atoms with Crippen molar-refractivity contribution in [3.63, 3.8) is 0 Å². The van der Waals surface area contributed by atoms with E-state index in [-0.39, 0.29) is 6.04 Å². The van der Waals surface area contributed by atoms with E-state index in [4.69, 9.17) is 9.84 Å². The number of benzene rings is 1. The van der Waals surface area contributed by atoms with Gasteiger partial charge in [0.2, 0.25) is 0 Å². The number of carboxylic acids is 1. The highest BCUT2D eigenvalue weighted by Crippen LogP contribution is 2.30. The molecule has 0 amide bonds. The summed E-state index contributed by atoms with van der Waals surface area (Å²) in [5.74, 6) is -0.555. The van der Waals surface area contributed by atoms with E-state index in [0.29, 0.717) is 11.4 Å². The number of carboxylic acid groups (broad SMARTS) is 1. The number of nitrogens with zero attached hydrogens (tertiary/aromatic N) is 1. The minimum Gasteiger partial charge on any atom is -0.497 e. The minimum atomic E-state index is -1.53. The number of hydrogen-bond donors (Lipinski definition) is 2. The Morgan fingerprint density at radius 3 is 2.53 bits per heavy atom. The fourth-order valence-electron chi connectivity index (χ4n) is 2.26. The summed E-state index contributed by atoms with van der Waals surface area (Å²) < 4.78 is 7.00. The molecule has 0 spiro atoms. The van der Waals surface area contributed by atoms with Crippen molar-refractivity contribution in [2.45, 2.75) is 26.0 Å². The molecule has 0 saturated heterocycles. The van der Waals surface area contributed by atoms with E-state index in [1.54, 1.807) is 13.2 Å². The zero-order valence-corrected chi connectivity index (χ0v) is 11.1. The van der Waals surface area contributed by atoms with Gasteiger partial charge in [-0.25, -0.2) is 4.79 Å². The molecule has 1 heterocycles. The number of aromatic nitrogens is 1. The second-order valence-corrected chi connectivity index (χ2v) is 4.70. The van der Waals surface area contributed by atoms with Crippen LogP contribution >= 0.6 is 0 Å². The predicted molar refractivity (Wildman–Crippen MR) is 71.5 cm³/mol. The summed E-state index contributed by atoms with van der Waals surface area (Å²) in [6.45, 7) is 3.88. The highest BCUT2D eigenvalue weighted by atomic mass is 16.5. The molecule has 1 aromatic carbocycles. The maximum Gasteiger partial charge on any atom is 0.338 e. The molecule has 1 atom stereocenters. The zero-order chi connectivity index (χ0) is 14.2. The quantitative estimate of drug-likeness (QED) is 0.888. The number of aliphatic hydroxyl groups excluding tert-OH is 1. The summed E-state index contributed by atoms with van der Waals surface area (Å²) in [7, 11) is 1.58. The second kappa shape index (κ2) is 4.93. The Morgan fingerprint density at radius 1 is 1.32 bits per heavy atom. The molecule has 102 valence electrons. The average Bonchev–Trinajstić information content (AvgIpc) is 2.75. The van der Waals surface area contributed by atoms with E-state index < -0.39 is 12.1 Å². The Kier molecular flexibility index (Phi) is 3.48. The number of carbonyl (C=O) groups is 1. The number of aliphatic carboxylic acids is 1. The van der Waals surface area contributed by atoms with E-state index in [0.717, 1.165) is 10.9 Å². The van der Waals surface area contributed by atoms with Crippen LogP contribution < -0.4 is 4.74 Å². The van der Waals surface area contributed by atoms with Crippen LogP contribution in [0.15, 0.2) is 24.3 Å². The number of aliphatic hydroxyl groups is 1. The summed E-state index contributed by atoms with van der Waals surface area (Å²) in [4.78, 5) is 11.0. The van der Waals surface area contributed by atoms with E-state index in [2.05, 4.69) is 0 Å². The van der Waals surface area contributed by atoms with Crippen molar-refractivity contribution >= 4 is 16.9 Å². The molecule has 0 bridgehead atoms. The van der Waals surface area contributed by atoms with E-state index in [1.165, 1.54) is 0 Å². The third kappa shape index (κ3) is 2.29. The average molecular weight is 263 g/mol. The van der Waals surface area contributed by atoms with Crippen LogP contribution in [0.1, 0.15) is 31.7 Å². The molecule has 0 aliphatic heterocycles. The lowest BCUT2D eigenvalue weighted by atomic mass is 10.2. The summed E-state index contributed by atoms with van der Waals surface area (Å²) in [5.41, 5.74) is 1.23. The molecule has 0 fully saturated rings. The van der Waals surface area contributed by atoms with Crippen LogP contribution in [0.25, 0.3) is 10.9 Å². The van der Waals surface area contributed by atoms with Crippen molar-refractivity contribution in [2.24, 2.45) is 0 Å². The fraction of sp³-hybridized carbons (Fsp3) is 0.357. The highest BCUT2D eigenvalue weighted by Gasteiger charge is 2.23. The van der Waals surface area contributed by atoms with Crippen LogP contribution in [0.4, 0.5) is 0 Å². The molecule has 0 aliphatic rings. The normalized spacial score (nSPS) is 12.9. The van der Waals surface area contributed by atoms with Crippen LogP contribution in [0, 0.1) is 0 Å². The van der Waals surface area contributed by atoms with Gasteiger partial charge in [0.25, 0.3) is 0 Å². The molecule has 19 heavy (non-hydrogen) atoms. The van der Waals surface area contributed by atoms with Crippen LogP contribution in [0.5, 0.6) is 5.75 Å². The van der Waals surface area contributed by atoms with Gasteiger partial charge in [0.05, 0.1) is 18.3 Å². The topological polar surface area (TPSA) is 71.7 Å². The molecule has 1 aromatic heterocycles. The van der Waals surface area contributed by atoms with Gasteiger partial charge >= 0.3 is 5.97 Å². The number of ether oxygens (including phenoxy) is 1. The van der Waals surface area contributed by atoms with Crippen molar-refractivity contribution in [1.29, 1.82) is 0 Å². The van der Waals surface area contributed by atoms with Gasteiger partial charge in [-0.1, -0.05) is 0 Å². The van der Waals surface area contributed by atoms with Crippen LogP contribution in [-0.4, -0.2) is 27.9 Å². The summed E-state index contributed by atoms with van der Waals surface area (Å²) in [6.07, 6.45) is -1.53. The molecule has 2 aromatic rings. The van der Waals surface area contributed by atoms with Crippen molar-refractivity contribution in [3.8, 4) is 5.75 Å². The first-order chi connectivity index (χ1) is 8.95. The first-order valence-corrected chi connectivity index (χ1v) is 6.05. The SMILES string of the molecule is COc1ccc2cc(C(O)C(=O)O)n(C(C)C)c2c1. The highest BCUT2D eigenvalue weighted by molar-refractivity contribution is 5.85. The summed E-state index contributed by atoms with van der Waals surface area (Å²) in [5, 5.41) is 19.7. The van der Waals surface area contributed by atoms with Crippen LogP contribution in [0.2, 0.25) is 0 Å². The predicted octanol–water partition coefficient (Wildman–Crippen LogP) is 2.35. The van der Waals surface area contributed by atoms with Gasteiger partial charge in [-0.2, -0.15) is 0 Å². The Morgan fingerprint density at radius 2 is 2.00 bits per heavy atom. The van der Waals surface area contributed by atoms with Gasteiger partial charge in [0, 0.05) is 17.5 Å². The minimum absolute atomic E-state index is 0.0357. The molecular weight excluding hydrogens is 246 g/mol. The molecule has 2 N–H and O–H groups in total. The Balaban J connectivity index is 2.70. The Bertz CT molecular complexity index is 615. The third-order valence-electron chi connectivity index (χ3n) is 3.11. The van der Waals surface area contributed by atoms with Gasteiger partial charge in [-0.05, 0) is 32.0 Å². The standard InChI is InChI=1S/C14H17NO4/c1-8(2)15-11-7-10(19-3)5-4-9(11)6-12(15)13(16)14(17)18/h4-8,13,16H,1-3H3,(H,17,18). The first kappa shape index (κ1) is 13.4. The Labute approximate surface area is 111 Å². The van der Waals surface area contributed by atoms with Crippen molar-refractivity contribution in [2.75, 3.05) is 7.11 Å². The smallest absolute Gasteiger partial charge is 0.338 e. The maximum absolute atomic E-state index is 11.0. The molecule has 1 unspecified atom stereocenters. The van der Waals surface area contributed by atoms with Gasteiger partial charge in [0.15, 0.2) is 6.10 Å². The molecule has 0 aliphatic carbocycles. The lowest BCUT2D eigenvalue weighted by Gasteiger charge is -2.16. The molecule has 0 radical (unpaired) electrons. The molecule has 0 saturated carbocycles. The van der Waals surface area contributed by atoms with E-state index >= 15 is 0 Å². The van der Waals surface area contributed by atoms with Crippen molar-refractivity contribution in [1.82, 2.24) is 4.57 Å². The number of rotatable bonds is 4. The van der Waals surface area contributed by atoms with Gasteiger partial charge in [0.1, 0.15) is 5.75 Å². The van der Waals surface area contributed by atoms with Crippen LogP contribution in [0.3, 0.4) is 0 Å². The van der Waals surface area contributed by atoms with Crippen molar-refractivity contribution in [3.05, 3.63) is 30.0 Å². The van der Waals surface area contributed by atoms with E-state index in [9.17, 15) is 9.90 Å². The maximum atomic E-state index is 11.0.